The van der Waals surface area contributed by atoms with Crippen molar-refractivity contribution in [2.45, 2.75) is 18.7 Å². The van der Waals surface area contributed by atoms with Gasteiger partial charge in [-0.1, -0.05) is 41.1 Å². The van der Waals surface area contributed by atoms with Crippen LogP contribution in [0.2, 0.25) is 0 Å². The zero-order valence-electron chi connectivity index (χ0n) is 13.1. The minimum Gasteiger partial charge on any atom is -0.360 e. The minimum atomic E-state index is -4.09. The summed E-state index contributed by atoms with van der Waals surface area (Å²) in [5, 5.41) is 3.54. The Morgan fingerprint density at radius 3 is 2.42 bits per heavy atom. The zero-order chi connectivity index (χ0) is 17.3. The highest BCUT2D eigenvalue weighted by Crippen LogP contribution is 2.26. The minimum absolute atomic E-state index is 0.00895. The molecule has 7 heteroatoms. The average molecular weight is 346 g/mol. The lowest BCUT2D eigenvalue weighted by Crippen LogP contribution is -2.14. The second kappa shape index (κ2) is 6.09. The summed E-state index contributed by atoms with van der Waals surface area (Å²) >= 11 is 0. The number of benzene rings is 2. The molecule has 0 unspecified atom stereocenters. The highest BCUT2D eigenvalue weighted by Gasteiger charge is 2.21. The van der Waals surface area contributed by atoms with Gasteiger partial charge < -0.3 is 4.52 Å². The van der Waals surface area contributed by atoms with Gasteiger partial charge in [0.15, 0.2) is 5.82 Å². The number of aromatic nitrogens is 1. The van der Waals surface area contributed by atoms with E-state index in [9.17, 15) is 12.8 Å². The third kappa shape index (κ3) is 3.30. The first kappa shape index (κ1) is 16.2. The first-order valence-corrected chi connectivity index (χ1v) is 8.66. The lowest BCUT2D eigenvalue weighted by molar-refractivity contribution is 0.400. The quantitative estimate of drug-likeness (QED) is 0.778. The largest absolute Gasteiger partial charge is 0.360 e. The van der Waals surface area contributed by atoms with Gasteiger partial charge in [0.25, 0.3) is 10.0 Å². The molecule has 0 atom stereocenters. The van der Waals surface area contributed by atoms with Gasteiger partial charge in [-0.2, -0.15) is 0 Å². The fraction of sp³-hybridized carbons (Fsp3) is 0.118. The standard InChI is InChI=1S/C17H15FN2O3S/c1-11-4-3-5-13(8-11)14-6-7-16(15(18)10-14)24(21,22)20-17-9-12(2)23-19-17/h3-10H,1-2H3,(H,19,20). The molecule has 0 fully saturated rings. The second-order valence-corrected chi connectivity index (χ2v) is 7.09. The van der Waals surface area contributed by atoms with Crippen molar-refractivity contribution in [3.63, 3.8) is 0 Å². The smallest absolute Gasteiger partial charge is 0.266 e. The lowest BCUT2D eigenvalue weighted by atomic mass is 10.0. The van der Waals surface area contributed by atoms with E-state index in [4.69, 9.17) is 4.52 Å². The van der Waals surface area contributed by atoms with Crippen molar-refractivity contribution in [3.8, 4) is 11.1 Å². The Bertz CT molecular complexity index is 997. The van der Waals surface area contributed by atoms with E-state index in [0.29, 0.717) is 11.3 Å². The van der Waals surface area contributed by atoms with Crippen molar-refractivity contribution in [3.05, 3.63) is 65.7 Å². The van der Waals surface area contributed by atoms with Gasteiger partial charge in [-0.3, -0.25) is 4.72 Å². The highest BCUT2D eigenvalue weighted by atomic mass is 32.2. The molecule has 0 amide bonds. The molecule has 0 spiro atoms. The van der Waals surface area contributed by atoms with Crippen LogP contribution in [0.4, 0.5) is 10.2 Å². The van der Waals surface area contributed by atoms with E-state index in [1.165, 1.54) is 18.2 Å². The number of rotatable bonds is 4. The Hall–Kier alpha value is -2.67. The van der Waals surface area contributed by atoms with Crippen molar-refractivity contribution in [1.82, 2.24) is 5.16 Å². The van der Waals surface area contributed by atoms with Crippen molar-refractivity contribution in [2.75, 3.05) is 4.72 Å². The van der Waals surface area contributed by atoms with Gasteiger partial charge >= 0.3 is 0 Å². The number of nitrogens with zero attached hydrogens (tertiary/aromatic N) is 1. The molecular formula is C17H15FN2O3S. The molecular weight excluding hydrogens is 331 g/mol. The van der Waals surface area contributed by atoms with Gasteiger partial charge in [0, 0.05) is 6.07 Å². The summed E-state index contributed by atoms with van der Waals surface area (Å²) in [7, 11) is -4.09. The molecule has 124 valence electrons. The molecule has 3 aromatic rings. The van der Waals surface area contributed by atoms with Crippen LogP contribution in [0.25, 0.3) is 11.1 Å². The molecule has 1 heterocycles. The van der Waals surface area contributed by atoms with Crippen LogP contribution in [0.3, 0.4) is 0 Å². The van der Waals surface area contributed by atoms with Gasteiger partial charge in [0.2, 0.25) is 0 Å². The number of hydrogen-bond acceptors (Lipinski definition) is 4. The molecule has 0 bridgehead atoms. The monoisotopic (exact) mass is 346 g/mol. The summed E-state index contributed by atoms with van der Waals surface area (Å²) in [5.41, 5.74) is 2.46. The normalized spacial score (nSPS) is 11.5. The molecule has 0 saturated carbocycles. The van der Waals surface area contributed by atoms with Crippen molar-refractivity contribution in [1.29, 1.82) is 0 Å². The Balaban J connectivity index is 1.94. The van der Waals surface area contributed by atoms with Gasteiger partial charge in [0.05, 0.1) is 0 Å². The first-order chi connectivity index (χ1) is 11.3. The van der Waals surface area contributed by atoms with Gasteiger partial charge in [-0.15, -0.1) is 0 Å². The highest BCUT2D eigenvalue weighted by molar-refractivity contribution is 7.92. The molecule has 1 N–H and O–H groups in total. The van der Waals surface area contributed by atoms with Gasteiger partial charge in [-0.25, -0.2) is 12.8 Å². The summed E-state index contributed by atoms with van der Waals surface area (Å²) in [6.07, 6.45) is 0. The average Bonchev–Trinajstić information content (AvgIpc) is 2.91. The Morgan fingerprint density at radius 2 is 1.79 bits per heavy atom. The Morgan fingerprint density at radius 1 is 1.04 bits per heavy atom. The summed E-state index contributed by atoms with van der Waals surface area (Å²) < 4.78 is 46.0. The van der Waals surface area contributed by atoms with Crippen LogP contribution >= 0.6 is 0 Å². The van der Waals surface area contributed by atoms with Crippen LogP contribution < -0.4 is 4.72 Å². The molecule has 0 radical (unpaired) electrons. The molecule has 0 aliphatic rings. The van der Waals surface area contributed by atoms with Crippen LogP contribution in [0.5, 0.6) is 0 Å². The van der Waals surface area contributed by atoms with Crippen LogP contribution in [0.1, 0.15) is 11.3 Å². The maximum atomic E-state index is 14.4. The first-order valence-electron chi connectivity index (χ1n) is 7.18. The molecule has 0 aliphatic heterocycles. The number of anilines is 1. The van der Waals surface area contributed by atoms with E-state index in [0.717, 1.165) is 11.1 Å². The number of aryl methyl sites for hydroxylation is 2. The van der Waals surface area contributed by atoms with Crippen molar-refractivity contribution >= 4 is 15.8 Å². The van der Waals surface area contributed by atoms with E-state index in [1.807, 2.05) is 31.2 Å². The molecule has 24 heavy (non-hydrogen) atoms. The second-order valence-electron chi connectivity index (χ2n) is 5.44. The molecule has 3 rings (SSSR count). The van der Waals surface area contributed by atoms with E-state index < -0.39 is 20.7 Å². The molecule has 5 nitrogen and oxygen atoms in total. The van der Waals surface area contributed by atoms with E-state index in [2.05, 4.69) is 9.88 Å². The van der Waals surface area contributed by atoms with Crippen molar-refractivity contribution in [2.24, 2.45) is 0 Å². The number of hydrogen-bond donors (Lipinski definition) is 1. The number of halogens is 1. The van der Waals surface area contributed by atoms with Gasteiger partial charge in [0.1, 0.15) is 16.5 Å². The molecule has 0 saturated heterocycles. The number of sulfonamides is 1. The Kier molecular flexibility index (Phi) is 4.11. The van der Waals surface area contributed by atoms with Crippen LogP contribution in [0.15, 0.2) is 57.9 Å². The molecule has 2 aromatic carbocycles. The molecule has 1 aromatic heterocycles. The van der Waals surface area contributed by atoms with Crippen LogP contribution in [-0.4, -0.2) is 13.6 Å². The predicted molar refractivity (Wildman–Crippen MR) is 88.6 cm³/mol. The SMILES string of the molecule is Cc1cccc(-c2ccc(S(=O)(=O)Nc3cc(C)on3)c(F)c2)c1. The van der Waals surface area contributed by atoms with E-state index >= 15 is 0 Å². The summed E-state index contributed by atoms with van der Waals surface area (Å²) in [6, 6.07) is 13.0. The Labute approximate surface area is 139 Å². The summed E-state index contributed by atoms with van der Waals surface area (Å²) in [4.78, 5) is -0.445. The maximum Gasteiger partial charge on any atom is 0.266 e. The van der Waals surface area contributed by atoms with Crippen molar-refractivity contribution < 1.29 is 17.3 Å². The maximum absolute atomic E-state index is 14.4. The summed E-state index contributed by atoms with van der Waals surface area (Å²) in [6.45, 7) is 3.56. The topological polar surface area (TPSA) is 72.2 Å². The lowest BCUT2D eigenvalue weighted by Gasteiger charge is -2.08. The van der Waals surface area contributed by atoms with E-state index in [1.54, 1.807) is 13.0 Å². The van der Waals surface area contributed by atoms with Gasteiger partial charge in [-0.05, 0) is 37.1 Å². The van der Waals surface area contributed by atoms with Crippen LogP contribution in [0, 0.1) is 19.7 Å². The fourth-order valence-corrected chi connectivity index (χ4v) is 3.37. The van der Waals surface area contributed by atoms with E-state index in [-0.39, 0.29) is 5.82 Å². The summed E-state index contributed by atoms with van der Waals surface area (Å²) in [5.74, 6) is -0.376. The third-order valence-electron chi connectivity index (χ3n) is 3.44. The predicted octanol–water partition coefficient (Wildman–Crippen LogP) is 3.90. The fourth-order valence-electron chi connectivity index (χ4n) is 2.33. The van der Waals surface area contributed by atoms with Crippen LogP contribution in [-0.2, 0) is 10.0 Å². The molecule has 0 aliphatic carbocycles. The third-order valence-corrected chi connectivity index (χ3v) is 4.83. The number of nitrogens with one attached hydrogen (secondary N) is 1. The zero-order valence-corrected chi connectivity index (χ0v) is 13.9.